The predicted octanol–water partition coefficient (Wildman–Crippen LogP) is 2.21. The van der Waals surface area contributed by atoms with E-state index in [4.69, 9.17) is 10.5 Å². The maximum Gasteiger partial charge on any atom is 0.119 e. The Morgan fingerprint density at radius 1 is 1.33 bits per heavy atom. The van der Waals surface area contributed by atoms with Crippen LogP contribution in [0.15, 0.2) is 36.5 Å². The number of hydrogen-bond donors (Lipinski definition) is 1. The summed E-state index contributed by atoms with van der Waals surface area (Å²) in [6.07, 6.45) is 1.79. The minimum Gasteiger partial charge on any atom is -0.497 e. The van der Waals surface area contributed by atoms with Gasteiger partial charge in [-0.25, -0.2) is 0 Å². The van der Waals surface area contributed by atoms with Gasteiger partial charge in [0, 0.05) is 11.6 Å². The average molecular weight is 204 g/mol. The third-order valence-corrected chi connectivity index (χ3v) is 1.81. The van der Waals surface area contributed by atoms with Gasteiger partial charge in [-0.05, 0) is 30.8 Å². The second-order valence-corrected chi connectivity index (χ2v) is 2.97. The van der Waals surface area contributed by atoms with E-state index in [1.54, 1.807) is 13.3 Å². The first-order valence-electron chi connectivity index (χ1n) is 4.90. The summed E-state index contributed by atoms with van der Waals surface area (Å²) in [6, 6.07) is 9.78. The highest BCUT2D eigenvalue weighted by Crippen LogP contribution is 2.17. The molecule has 0 bridgehead atoms. The van der Waals surface area contributed by atoms with Crippen molar-refractivity contribution in [3.63, 3.8) is 0 Å². The molecule has 0 aliphatic rings. The Labute approximate surface area is 89.9 Å². The van der Waals surface area contributed by atoms with E-state index < -0.39 is 0 Å². The SMILES string of the molecule is CCN.COc1ccc2ncccc2c1. The first kappa shape index (κ1) is 11.5. The van der Waals surface area contributed by atoms with Gasteiger partial charge in [0.15, 0.2) is 0 Å². The van der Waals surface area contributed by atoms with E-state index in [0.29, 0.717) is 0 Å². The molecule has 0 aliphatic heterocycles. The number of rotatable bonds is 1. The standard InChI is InChI=1S/C10H9NO.C2H7N/c1-12-9-4-5-10-8(7-9)3-2-6-11-10;1-2-3/h2-7H,1H3;2-3H2,1H3. The van der Waals surface area contributed by atoms with Gasteiger partial charge in [0.2, 0.25) is 0 Å². The molecular formula is C12H16N2O. The maximum absolute atomic E-state index is 5.09. The van der Waals surface area contributed by atoms with Gasteiger partial charge < -0.3 is 10.5 Å². The zero-order valence-electron chi connectivity index (χ0n) is 9.10. The Balaban J connectivity index is 0.000000337. The fourth-order valence-electron chi connectivity index (χ4n) is 1.18. The highest BCUT2D eigenvalue weighted by atomic mass is 16.5. The van der Waals surface area contributed by atoms with E-state index in [-0.39, 0.29) is 0 Å². The summed E-state index contributed by atoms with van der Waals surface area (Å²) in [5.41, 5.74) is 5.85. The minimum atomic E-state index is 0.750. The van der Waals surface area contributed by atoms with Gasteiger partial charge in [0.1, 0.15) is 5.75 Å². The third-order valence-electron chi connectivity index (χ3n) is 1.81. The molecule has 0 unspecified atom stereocenters. The second-order valence-electron chi connectivity index (χ2n) is 2.97. The van der Waals surface area contributed by atoms with Crippen molar-refractivity contribution in [2.45, 2.75) is 6.92 Å². The molecule has 3 nitrogen and oxygen atoms in total. The second kappa shape index (κ2) is 5.98. The summed E-state index contributed by atoms with van der Waals surface area (Å²) in [5.74, 6) is 0.871. The number of ether oxygens (including phenoxy) is 1. The highest BCUT2D eigenvalue weighted by Gasteiger charge is 1.94. The molecule has 0 atom stereocenters. The van der Waals surface area contributed by atoms with Gasteiger partial charge in [0.25, 0.3) is 0 Å². The molecule has 2 N–H and O–H groups in total. The molecule has 0 radical (unpaired) electrons. The molecule has 0 amide bonds. The number of methoxy groups -OCH3 is 1. The van der Waals surface area contributed by atoms with Gasteiger partial charge in [0.05, 0.1) is 12.6 Å². The molecule has 0 saturated carbocycles. The lowest BCUT2D eigenvalue weighted by Gasteiger charge is -2.00. The monoisotopic (exact) mass is 204 g/mol. The summed E-state index contributed by atoms with van der Waals surface area (Å²) in [7, 11) is 1.66. The first-order valence-corrected chi connectivity index (χ1v) is 4.90. The molecule has 1 aromatic carbocycles. The summed E-state index contributed by atoms with van der Waals surface area (Å²) in [5, 5.41) is 1.11. The summed E-state index contributed by atoms with van der Waals surface area (Å²) >= 11 is 0. The molecule has 2 aromatic rings. The van der Waals surface area contributed by atoms with Crippen LogP contribution in [0.5, 0.6) is 5.75 Å². The Hall–Kier alpha value is -1.61. The van der Waals surface area contributed by atoms with Crippen molar-refractivity contribution in [3.8, 4) is 5.75 Å². The molecule has 2 rings (SSSR count). The van der Waals surface area contributed by atoms with E-state index >= 15 is 0 Å². The summed E-state index contributed by atoms with van der Waals surface area (Å²) < 4.78 is 5.09. The molecule has 1 heterocycles. The lowest BCUT2D eigenvalue weighted by Crippen LogP contribution is -1.87. The molecule has 0 aliphatic carbocycles. The lowest BCUT2D eigenvalue weighted by atomic mass is 10.2. The highest BCUT2D eigenvalue weighted by molar-refractivity contribution is 5.79. The van der Waals surface area contributed by atoms with Crippen LogP contribution >= 0.6 is 0 Å². The number of benzene rings is 1. The van der Waals surface area contributed by atoms with Crippen molar-refractivity contribution in [1.82, 2.24) is 4.98 Å². The van der Waals surface area contributed by atoms with E-state index in [9.17, 15) is 0 Å². The van der Waals surface area contributed by atoms with Crippen molar-refractivity contribution >= 4 is 10.9 Å². The smallest absolute Gasteiger partial charge is 0.119 e. The topological polar surface area (TPSA) is 48.1 Å². The Morgan fingerprint density at radius 3 is 2.73 bits per heavy atom. The Bertz CT molecular complexity index is 415. The van der Waals surface area contributed by atoms with Crippen LogP contribution in [0.1, 0.15) is 6.92 Å². The van der Waals surface area contributed by atoms with Crippen LogP contribution in [0.3, 0.4) is 0 Å². The quantitative estimate of drug-likeness (QED) is 0.774. The molecule has 80 valence electrons. The molecule has 1 aromatic heterocycles. The van der Waals surface area contributed by atoms with E-state index in [0.717, 1.165) is 23.2 Å². The third kappa shape index (κ3) is 3.22. The van der Waals surface area contributed by atoms with E-state index in [1.165, 1.54) is 0 Å². The first-order chi connectivity index (χ1) is 7.31. The molecule has 3 heteroatoms. The van der Waals surface area contributed by atoms with Crippen LogP contribution in [0.2, 0.25) is 0 Å². The minimum absolute atomic E-state index is 0.750. The van der Waals surface area contributed by atoms with Gasteiger partial charge >= 0.3 is 0 Å². The van der Waals surface area contributed by atoms with Crippen LogP contribution in [-0.4, -0.2) is 18.6 Å². The van der Waals surface area contributed by atoms with Crippen LogP contribution in [0.4, 0.5) is 0 Å². The maximum atomic E-state index is 5.09. The molecular weight excluding hydrogens is 188 g/mol. The number of pyridine rings is 1. The van der Waals surface area contributed by atoms with Crippen LogP contribution < -0.4 is 10.5 Å². The van der Waals surface area contributed by atoms with Gasteiger partial charge in [-0.15, -0.1) is 0 Å². The predicted molar refractivity (Wildman–Crippen MR) is 63.0 cm³/mol. The summed E-state index contributed by atoms with van der Waals surface area (Å²) in [4.78, 5) is 4.20. The molecule has 0 spiro atoms. The fraction of sp³-hybridized carbons (Fsp3) is 0.250. The van der Waals surface area contributed by atoms with Crippen LogP contribution in [0.25, 0.3) is 10.9 Å². The van der Waals surface area contributed by atoms with Crippen LogP contribution in [0, 0.1) is 0 Å². The average Bonchev–Trinajstić information content (AvgIpc) is 2.29. The van der Waals surface area contributed by atoms with Crippen molar-refractivity contribution in [3.05, 3.63) is 36.5 Å². The fourth-order valence-corrected chi connectivity index (χ4v) is 1.18. The van der Waals surface area contributed by atoms with E-state index in [1.807, 2.05) is 37.3 Å². The van der Waals surface area contributed by atoms with Gasteiger partial charge in [-0.2, -0.15) is 0 Å². The Morgan fingerprint density at radius 2 is 2.07 bits per heavy atom. The normalized spacial score (nSPS) is 9.27. The van der Waals surface area contributed by atoms with Crippen molar-refractivity contribution in [1.29, 1.82) is 0 Å². The number of fused-ring (bicyclic) bond motifs is 1. The van der Waals surface area contributed by atoms with Gasteiger partial charge in [-0.3, -0.25) is 4.98 Å². The lowest BCUT2D eigenvalue weighted by molar-refractivity contribution is 0.415. The molecule has 15 heavy (non-hydrogen) atoms. The number of hydrogen-bond acceptors (Lipinski definition) is 3. The molecule has 0 saturated heterocycles. The van der Waals surface area contributed by atoms with Gasteiger partial charge in [-0.1, -0.05) is 13.0 Å². The largest absolute Gasteiger partial charge is 0.497 e. The number of aromatic nitrogens is 1. The van der Waals surface area contributed by atoms with E-state index in [2.05, 4.69) is 4.98 Å². The van der Waals surface area contributed by atoms with Crippen molar-refractivity contribution < 1.29 is 4.74 Å². The van der Waals surface area contributed by atoms with Crippen molar-refractivity contribution in [2.24, 2.45) is 5.73 Å². The Kier molecular flexibility index (Phi) is 4.57. The summed E-state index contributed by atoms with van der Waals surface area (Å²) in [6.45, 7) is 2.65. The number of nitrogens with two attached hydrogens (primary N) is 1. The zero-order chi connectivity index (χ0) is 11.1. The number of nitrogens with zero attached hydrogens (tertiary/aromatic N) is 1. The van der Waals surface area contributed by atoms with Crippen LogP contribution in [-0.2, 0) is 0 Å². The van der Waals surface area contributed by atoms with Crippen molar-refractivity contribution in [2.75, 3.05) is 13.7 Å². The molecule has 0 fully saturated rings. The zero-order valence-corrected chi connectivity index (χ0v) is 9.10.